The summed E-state index contributed by atoms with van der Waals surface area (Å²) < 4.78 is 11.7. The number of nitrogens with zero attached hydrogens (tertiary/aromatic N) is 3. The summed E-state index contributed by atoms with van der Waals surface area (Å²) in [5.74, 6) is 1.02. The monoisotopic (exact) mass is 463 g/mol. The van der Waals surface area contributed by atoms with Gasteiger partial charge in [0.2, 0.25) is 11.8 Å². The summed E-state index contributed by atoms with van der Waals surface area (Å²) in [7, 11) is 0. The first-order valence-electron chi connectivity index (χ1n) is 11.9. The van der Waals surface area contributed by atoms with Crippen LogP contribution in [0.4, 0.5) is 0 Å². The molecule has 0 saturated carbocycles. The summed E-state index contributed by atoms with van der Waals surface area (Å²) in [6.07, 6.45) is 4.00. The molecule has 0 radical (unpaired) electrons. The van der Waals surface area contributed by atoms with Crippen molar-refractivity contribution in [3.8, 4) is 5.75 Å². The Balaban J connectivity index is 1.38. The van der Waals surface area contributed by atoms with E-state index in [1.165, 1.54) is 12.8 Å². The third-order valence-electron chi connectivity index (χ3n) is 6.76. The SMILES string of the molecule is O=C(C[C@H]1CN(C(=O)CCN2CCCC2)CC[C@@H]1Oc1ccc(Cl)cc1)N1CCOCC1. The number of carbonyl (C=O) groups excluding carboxylic acids is 2. The highest BCUT2D eigenvalue weighted by atomic mass is 35.5. The van der Waals surface area contributed by atoms with Crippen LogP contribution in [0.1, 0.15) is 32.1 Å². The van der Waals surface area contributed by atoms with Crippen molar-refractivity contribution in [2.75, 3.05) is 59.0 Å². The van der Waals surface area contributed by atoms with Crippen molar-refractivity contribution < 1.29 is 19.1 Å². The van der Waals surface area contributed by atoms with Crippen LogP contribution in [-0.2, 0) is 14.3 Å². The second kappa shape index (κ2) is 11.3. The summed E-state index contributed by atoms with van der Waals surface area (Å²) in [6, 6.07) is 7.33. The molecule has 2 amide bonds. The van der Waals surface area contributed by atoms with Gasteiger partial charge < -0.3 is 24.2 Å². The Morgan fingerprint density at radius 1 is 0.969 bits per heavy atom. The van der Waals surface area contributed by atoms with Gasteiger partial charge in [-0.1, -0.05) is 11.6 Å². The van der Waals surface area contributed by atoms with Gasteiger partial charge in [0.15, 0.2) is 0 Å². The molecule has 3 heterocycles. The quantitative estimate of drug-likeness (QED) is 0.622. The summed E-state index contributed by atoms with van der Waals surface area (Å²) in [4.78, 5) is 32.1. The fourth-order valence-electron chi connectivity index (χ4n) is 4.86. The third-order valence-corrected chi connectivity index (χ3v) is 7.01. The maximum absolute atomic E-state index is 13.0. The van der Waals surface area contributed by atoms with Crippen LogP contribution in [-0.4, -0.2) is 91.6 Å². The van der Waals surface area contributed by atoms with E-state index in [-0.39, 0.29) is 23.8 Å². The number of amides is 2. The molecule has 1 aromatic rings. The summed E-state index contributed by atoms with van der Waals surface area (Å²) in [5, 5.41) is 0.662. The van der Waals surface area contributed by atoms with Gasteiger partial charge in [-0.15, -0.1) is 0 Å². The van der Waals surface area contributed by atoms with Crippen LogP contribution < -0.4 is 4.74 Å². The van der Waals surface area contributed by atoms with Gasteiger partial charge in [0.05, 0.1) is 13.2 Å². The number of hydrogen-bond acceptors (Lipinski definition) is 5. The minimum absolute atomic E-state index is 0.0366. The zero-order valence-electron chi connectivity index (χ0n) is 18.7. The Hall–Kier alpha value is -1.83. The lowest BCUT2D eigenvalue weighted by atomic mass is 9.90. The van der Waals surface area contributed by atoms with Crippen molar-refractivity contribution in [3.63, 3.8) is 0 Å². The minimum Gasteiger partial charge on any atom is -0.490 e. The summed E-state index contributed by atoms with van der Waals surface area (Å²) in [5.41, 5.74) is 0. The highest BCUT2D eigenvalue weighted by Crippen LogP contribution is 2.28. The zero-order chi connectivity index (χ0) is 22.3. The van der Waals surface area contributed by atoms with Gasteiger partial charge in [0, 0.05) is 62.9 Å². The van der Waals surface area contributed by atoms with E-state index in [0.29, 0.717) is 57.3 Å². The average Bonchev–Trinajstić information content (AvgIpc) is 3.34. The van der Waals surface area contributed by atoms with E-state index in [1.807, 2.05) is 34.1 Å². The highest BCUT2D eigenvalue weighted by Gasteiger charge is 2.35. The molecule has 4 rings (SSSR count). The van der Waals surface area contributed by atoms with Crippen LogP contribution >= 0.6 is 11.6 Å². The first-order chi connectivity index (χ1) is 15.6. The average molecular weight is 464 g/mol. The molecule has 3 fully saturated rings. The molecule has 0 spiro atoms. The molecule has 0 aliphatic carbocycles. The topological polar surface area (TPSA) is 62.3 Å². The first-order valence-corrected chi connectivity index (χ1v) is 12.2. The molecule has 1 aromatic carbocycles. The standard InChI is InChI=1S/C24H34ClN3O4/c25-20-3-5-21(6-4-20)32-22-7-12-28(23(29)8-11-26-9-1-2-10-26)18-19(22)17-24(30)27-13-15-31-16-14-27/h3-6,19,22H,1-2,7-18H2/t19-,22-/m0/s1. The fourth-order valence-corrected chi connectivity index (χ4v) is 4.99. The number of rotatable bonds is 7. The smallest absolute Gasteiger partial charge is 0.223 e. The lowest BCUT2D eigenvalue weighted by molar-refractivity contribution is -0.141. The molecule has 2 atom stereocenters. The van der Waals surface area contributed by atoms with E-state index in [2.05, 4.69) is 4.90 Å². The van der Waals surface area contributed by atoms with Crippen molar-refractivity contribution in [3.05, 3.63) is 29.3 Å². The lowest BCUT2D eigenvalue weighted by Gasteiger charge is -2.39. The van der Waals surface area contributed by atoms with E-state index in [4.69, 9.17) is 21.1 Å². The summed E-state index contributed by atoms with van der Waals surface area (Å²) >= 11 is 6.01. The van der Waals surface area contributed by atoms with Gasteiger partial charge in [-0.3, -0.25) is 9.59 Å². The van der Waals surface area contributed by atoms with Crippen molar-refractivity contribution in [2.45, 2.75) is 38.2 Å². The maximum Gasteiger partial charge on any atom is 0.223 e. The van der Waals surface area contributed by atoms with Crippen molar-refractivity contribution >= 4 is 23.4 Å². The molecule has 3 aliphatic heterocycles. The van der Waals surface area contributed by atoms with Gasteiger partial charge in [-0.25, -0.2) is 0 Å². The van der Waals surface area contributed by atoms with Gasteiger partial charge in [-0.05, 0) is 50.2 Å². The number of carbonyl (C=O) groups is 2. The zero-order valence-corrected chi connectivity index (χ0v) is 19.5. The number of hydrogen-bond donors (Lipinski definition) is 0. The van der Waals surface area contributed by atoms with Gasteiger partial charge in [0.1, 0.15) is 11.9 Å². The van der Waals surface area contributed by atoms with Crippen molar-refractivity contribution in [1.82, 2.24) is 14.7 Å². The largest absolute Gasteiger partial charge is 0.490 e. The Morgan fingerprint density at radius 3 is 2.41 bits per heavy atom. The second-order valence-electron chi connectivity index (χ2n) is 8.99. The molecule has 0 aromatic heterocycles. The minimum atomic E-state index is -0.108. The Bertz CT molecular complexity index is 763. The van der Waals surface area contributed by atoms with Gasteiger partial charge in [-0.2, -0.15) is 0 Å². The van der Waals surface area contributed by atoms with E-state index in [1.54, 1.807) is 0 Å². The normalized spacial score (nSPS) is 24.5. The molecule has 3 aliphatic rings. The number of piperidine rings is 1. The molecule has 0 bridgehead atoms. The Kier molecular flexibility index (Phi) is 8.27. The van der Waals surface area contributed by atoms with Crippen LogP contribution in [0.15, 0.2) is 24.3 Å². The van der Waals surface area contributed by atoms with Crippen LogP contribution in [0, 0.1) is 5.92 Å². The number of halogens is 1. The number of morpholine rings is 1. The Labute approximate surface area is 195 Å². The molecular formula is C24H34ClN3O4. The summed E-state index contributed by atoms with van der Waals surface area (Å²) in [6.45, 7) is 6.69. The number of likely N-dealkylation sites (tertiary alicyclic amines) is 2. The van der Waals surface area contributed by atoms with Crippen LogP contribution in [0.25, 0.3) is 0 Å². The second-order valence-corrected chi connectivity index (χ2v) is 9.43. The predicted molar refractivity (Wildman–Crippen MR) is 123 cm³/mol. The third kappa shape index (κ3) is 6.36. The van der Waals surface area contributed by atoms with Crippen LogP contribution in [0.3, 0.4) is 0 Å². The van der Waals surface area contributed by atoms with Crippen LogP contribution in [0.2, 0.25) is 5.02 Å². The molecule has 32 heavy (non-hydrogen) atoms. The molecule has 0 N–H and O–H groups in total. The molecular weight excluding hydrogens is 430 g/mol. The molecule has 3 saturated heterocycles. The number of ether oxygens (including phenoxy) is 2. The van der Waals surface area contributed by atoms with Gasteiger partial charge in [0.25, 0.3) is 0 Å². The maximum atomic E-state index is 13.0. The lowest BCUT2D eigenvalue weighted by Crippen LogP contribution is -2.50. The van der Waals surface area contributed by atoms with E-state index in [9.17, 15) is 9.59 Å². The fraction of sp³-hybridized carbons (Fsp3) is 0.667. The molecule has 7 nitrogen and oxygen atoms in total. The molecule has 176 valence electrons. The first kappa shape index (κ1) is 23.3. The van der Waals surface area contributed by atoms with E-state index in [0.717, 1.165) is 31.8 Å². The number of benzene rings is 1. The van der Waals surface area contributed by atoms with Crippen LogP contribution in [0.5, 0.6) is 5.75 Å². The molecule has 8 heteroatoms. The van der Waals surface area contributed by atoms with Crippen molar-refractivity contribution in [2.24, 2.45) is 5.92 Å². The van der Waals surface area contributed by atoms with Crippen molar-refractivity contribution in [1.29, 1.82) is 0 Å². The van der Waals surface area contributed by atoms with E-state index >= 15 is 0 Å². The molecule has 0 unspecified atom stereocenters. The predicted octanol–water partition coefficient (Wildman–Crippen LogP) is 2.67. The Morgan fingerprint density at radius 2 is 1.69 bits per heavy atom. The highest BCUT2D eigenvalue weighted by molar-refractivity contribution is 6.30. The van der Waals surface area contributed by atoms with Gasteiger partial charge >= 0.3 is 0 Å². The van der Waals surface area contributed by atoms with E-state index < -0.39 is 0 Å².